The van der Waals surface area contributed by atoms with Gasteiger partial charge in [-0.2, -0.15) is 4.98 Å². The molecule has 0 amide bonds. The van der Waals surface area contributed by atoms with Crippen LogP contribution >= 0.6 is 47.8 Å². The van der Waals surface area contributed by atoms with Crippen LogP contribution in [-0.2, 0) is 10.0 Å². The zero-order chi connectivity index (χ0) is 19.6. The molecule has 0 aliphatic rings. The van der Waals surface area contributed by atoms with Gasteiger partial charge in [-0.3, -0.25) is 0 Å². The molecule has 0 bridgehead atoms. The molecule has 0 saturated carbocycles. The van der Waals surface area contributed by atoms with Crippen molar-refractivity contribution in [3.63, 3.8) is 0 Å². The Morgan fingerprint density at radius 3 is 2.23 bits per heavy atom. The van der Waals surface area contributed by atoms with E-state index in [0.717, 1.165) is 0 Å². The van der Waals surface area contributed by atoms with Gasteiger partial charge in [0.05, 0.1) is 16.6 Å². The van der Waals surface area contributed by atoms with Crippen LogP contribution in [0, 0.1) is 0 Å². The molecular weight excluding hydrogens is 558 g/mol. The predicted octanol–water partition coefficient (Wildman–Crippen LogP) is 3.34. The topological polar surface area (TPSA) is 130 Å². The lowest BCUT2D eigenvalue weighted by Crippen LogP contribution is -2.28. The zero-order valence-electron chi connectivity index (χ0n) is 13.7. The molecule has 2 rings (SSSR count). The predicted molar refractivity (Wildman–Crippen MR) is 111 cm³/mol. The number of hydrogen-bond donors (Lipinski definition) is 4. The number of nitrogens with zero attached hydrogens (tertiary/aromatic N) is 2. The number of hydrogen-bond acceptors (Lipinski definition) is 7. The Bertz CT molecular complexity index is 901. The summed E-state index contributed by atoms with van der Waals surface area (Å²) >= 11 is 9.76. The number of aliphatic hydroxyl groups excluding tert-OH is 1. The average molecular weight is 574 g/mol. The summed E-state index contributed by atoms with van der Waals surface area (Å²) in [6.07, 6.45) is 1.00. The first-order chi connectivity index (χ1) is 12.0. The van der Waals surface area contributed by atoms with Gasteiger partial charge in [0.2, 0.25) is 16.0 Å². The van der Waals surface area contributed by atoms with Crippen molar-refractivity contribution in [2.24, 2.45) is 5.14 Å². The number of halogens is 3. The molecule has 1 heterocycles. The van der Waals surface area contributed by atoms with E-state index in [9.17, 15) is 13.5 Å². The summed E-state index contributed by atoms with van der Waals surface area (Å²) < 4.78 is 24.5. The highest BCUT2D eigenvalue weighted by atomic mass is 79.9. The van der Waals surface area contributed by atoms with Gasteiger partial charge in [0.25, 0.3) is 0 Å². The van der Waals surface area contributed by atoms with Gasteiger partial charge in [-0.15, -0.1) is 0 Å². The first kappa shape index (κ1) is 21.5. The highest BCUT2D eigenvalue weighted by molar-refractivity contribution is 9.11. The maximum absolute atomic E-state index is 11.6. The Morgan fingerprint density at radius 2 is 1.73 bits per heavy atom. The van der Waals surface area contributed by atoms with Gasteiger partial charge in [0, 0.05) is 20.8 Å². The monoisotopic (exact) mass is 571 g/mol. The first-order valence-electron chi connectivity index (χ1n) is 7.25. The standard InChI is InChI=1S/C14H16Br3N5O3S/c1-6(7(2)23)20-13-11(17)5-19-14(22-13)21-8-3-9(15)12(10(16)4-8)26(18,24)25/h3-7,23H,1-2H3,(H2,18,24,25)(H2,19,20,21,22)/t6-,7-/m1/s1. The third-order valence-corrected chi connectivity index (χ3v) is 6.74. The summed E-state index contributed by atoms with van der Waals surface area (Å²) in [7, 11) is -3.88. The van der Waals surface area contributed by atoms with Crippen LogP contribution < -0.4 is 15.8 Å². The van der Waals surface area contributed by atoms with Gasteiger partial charge in [-0.25, -0.2) is 18.5 Å². The molecular formula is C14H16Br3N5O3S. The second kappa shape index (κ2) is 8.48. The minimum absolute atomic E-state index is 0.0483. The Hall–Kier alpha value is -0.790. The number of benzene rings is 1. The summed E-state index contributed by atoms with van der Waals surface area (Å²) in [5, 5.41) is 20.9. The lowest BCUT2D eigenvalue weighted by molar-refractivity contribution is 0.177. The zero-order valence-corrected chi connectivity index (χ0v) is 19.2. The van der Waals surface area contributed by atoms with E-state index in [1.165, 1.54) is 0 Å². The van der Waals surface area contributed by atoms with Crippen LogP contribution in [0.1, 0.15) is 13.8 Å². The number of sulfonamides is 1. The van der Waals surface area contributed by atoms with E-state index in [0.29, 0.717) is 24.9 Å². The Labute approximate surface area is 176 Å². The highest BCUT2D eigenvalue weighted by Crippen LogP contribution is 2.33. The van der Waals surface area contributed by atoms with Crippen LogP contribution in [-0.4, -0.2) is 35.6 Å². The number of nitrogens with one attached hydrogen (secondary N) is 2. The molecule has 5 N–H and O–H groups in total. The van der Waals surface area contributed by atoms with E-state index in [4.69, 9.17) is 5.14 Å². The Kier molecular flexibility index (Phi) is 7.02. The maximum atomic E-state index is 11.6. The van der Waals surface area contributed by atoms with E-state index in [-0.39, 0.29) is 16.9 Å². The molecule has 1 aromatic carbocycles. The second-order valence-electron chi connectivity index (χ2n) is 5.50. The lowest BCUT2D eigenvalue weighted by atomic mass is 10.2. The highest BCUT2D eigenvalue weighted by Gasteiger charge is 2.18. The number of aromatic nitrogens is 2. The van der Waals surface area contributed by atoms with Crippen LogP contribution in [0.3, 0.4) is 0 Å². The molecule has 0 spiro atoms. The summed E-state index contributed by atoms with van der Waals surface area (Å²) in [5.74, 6) is 0.797. The minimum atomic E-state index is -3.88. The summed E-state index contributed by atoms with van der Waals surface area (Å²) in [6.45, 7) is 3.50. The Morgan fingerprint density at radius 1 is 1.15 bits per heavy atom. The lowest BCUT2D eigenvalue weighted by Gasteiger charge is -2.18. The van der Waals surface area contributed by atoms with E-state index in [1.54, 1.807) is 25.3 Å². The van der Waals surface area contributed by atoms with Crippen molar-refractivity contribution in [3.05, 3.63) is 31.7 Å². The smallest absolute Gasteiger partial charge is 0.240 e. The maximum Gasteiger partial charge on any atom is 0.240 e. The van der Waals surface area contributed by atoms with Gasteiger partial charge >= 0.3 is 0 Å². The van der Waals surface area contributed by atoms with Crippen LogP contribution in [0.25, 0.3) is 0 Å². The van der Waals surface area contributed by atoms with Crippen molar-refractivity contribution < 1.29 is 13.5 Å². The molecule has 0 aliphatic heterocycles. The van der Waals surface area contributed by atoms with E-state index >= 15 is 0 Å². The van der Waals surface area contributed by atoms with E-state index in [2.05, 4.69) is 68.4 Å². The molecule has 0 aliphatic carbocycles. The van der Waals surface area contributed by atoms with Crippen molar-refractivity contribution in [1.29, 1.82) is 0 Å². The molecule has 0 saturated heterocycles. The van der Waals surface area contributed by atoms with Crippen LogP contribution in [0.2, 0.25) is 0 Å². The SMILES string of the molecule is C[C@@H](O)[C@@H](C)Nc1nc(Nc2cc(Br)c(S(N)(=O)=O)c(Br)c2)ncc1Br. The van der Waals surface area contributed by atoms with Crippen molar-refractivity contribution in [3.8, 4) is 0 Å². The largest absolute Gasteiger partial charge is 0.391 e. The fourth-order valence-corrected chi connectivity index (χ4v) is 5.40. The number of aliphatic hydroxyl groups is 1. The van der Waals surface area contributed by atoms with E-state index < -0.39 is 16.1 Å². The van der Waals surface area contributed by atoms with Gasteiger partial charge in [-0.05, 0) is 73.8 Å². The molecule has 142 valence electrons. The number of rotatable bonds is 6. The molecule has 12 heteroatoms. The van der Waals surface area contributed by atoms with Gasteiger partial charge in [-0.1, -0.05) is 0 Å². The summed E-state index contributed by atoms with van der Waals surface area (Å²) in [5.41, 5.74) is 0.549. The van der Waals surface area contributed by atoms with Crippen molar-refractivity contribution >= 4 is 75.3 Å². The van der Waals surface area contributed by atoms with Crippen molar-refractivity contribution in [1.82, 2.24) is 9.97 Å². The molecule has 26 heavy (non-hydrogen) atoms. The molecule has 8 nitrogen and oxygen atoms in total. The van der Waals surface area contributed by atoms with E-state index in [1.807, 2.05) is 6.92 Å². The Balaban J connectivity index is 2.32. The molecule has 0 radical (unpaired) electrons. The molecule has 2 aromatic rings. The van der Waals surface area contributed by atoms with Crippen molar-refractivity contribution in [2.45, 2.75) is 30.9 Å². The quantitative estimate of drug-likeness (QED) is 0.417. The number of nitrogens with two attached hydrogens (primary N) is 1. The molecule has 0 fully saturated rings. The first-order valence-corrected chi connectivity index (χ1v) is 11.2. The van der Waals surface area contributed by atoms with Crippen LogP contribution in [0.15, 0.2) is 36.6 Å². The fourth-order valence-electron chi connectivity index (χ4n) is 1.90. The average Bonchev–Trinajstić information content (AvgIpc) is 2.48. The van der Waals surface area contributed by atoms with Crippen LogP contribution in [0.4, 0.5) is 17.5 Å². The second-order valence-corrected chi connectivity index (χ2v) is 9.56. The number of primary sulfonamides is 1. The minimum Gasteiger partial charge on any atom is -0.391 e. The summed E-state index contributed by atoms with van der Waals surface area (Å²) in [4.78, 5) is 8.48. The van der Waals surface area contributed by atoms with Gasteiger partial charge < -0.3 is 15.7 Å². The normalized spacial score (nSPS) is 14.0. The molecule has 2 atom stereocenters. The fraction of sp³-hybridized carbons (Fsp3) is 0.286. The van der Waals surface area contributed by atoms with Crippen LogP contribution in [0.5, 0.6) is 0 Å². The van der Waals surface area contributed by atoms with Gasteiger partial charge in [0.15, 0.2) is 0 Å². The number of anilines is 3. The molecule has 1 aromatic heterocycles. The van der Waals surface area contributed by atoms with Gasteiger partial charge in [0.1, 0.15) is 10.7 Å². The summed E-state index contributed by atoms with van der Waals surface area (Å²) in [6, 6.07) is 2.90. The van der Waals surface area contributed by atoms with Crippen molar-refractivity contribution in [2.75, 3.05) is 10.6 Å². The molecule has 0 unspecified atom stereocenters. The third-order valence-electron chi connectivity index (χ3n) is 3.37. The third kappa shape index (κ3) is 5.36.